The number of aromatic hydroxyl groups is 1. The molecule has 0 unspecified atom stereocenters. The van der Waals surface area contributed by atoms with Gasteiger partial charge in [-0.3, -0.25) is 24.8 Å². The van der Waals surface area contributed by atoms with Crippen molar-refractivity contribution in [2.75, 3.05) is 24.7 Å². The lowest BCUT2D eigenvalue weighted by Gasteiger charge is -2.23. The number of nitrogens with one attached hydrogen (secondary N) is 3. The molecule has 1 aromatic heterocycles. The summed E-state index contributed by atoms with van der Waals surface area (Å²) in [6.45, 7) is 7.42. The van der Waals surface area contributed by atoms with E-state index in [1.165, 1.54) is 17.0 Å². The molecule has 0 bridgehead atoms. The highest BCUT2D eigenvalue weighted by atomic mass is 16.3. The largest absolute Gasteiger partial charge is 0.505 e. The van der Waals surface area contributed by atoms with Crippen LogP contribution in [0.3, 0.4) is 0 Å². The molecule has 3 aromatic rings. The Morgan fingerprint density at radius 2 is 1.63 bits per heavy atom. The van der Waals surface area contributed by atoms with Gasteiger partial charge in [0.1, 0.15) is 17.4 Å². The van der Waals surface area contributed by atoms with Gasteiger partial charge in [0.15, 0.2) is 5.75 Å². The molecule has 0 saturated carbocycles. The van der Waals surface area contributed by atoms with E-state index >= 15 is 0 Å². The molecule has 0 fully saturated rings. The van der Waals surface area contributed by atoms with Crippen LogP contribution in [-0.2, 0) is 4.79 Å². The average molecular weight is 524 g/mol. The first-order valence-corrected chi connectivity index (χ1v) is 12.3. The highest BCUT2D eigenvalue weighted by Crippen LogP contribution is 2.31. The summed E-state index contributed by atoms with van der Waals surface area (Å²) >= 11 is 0. The third-order valence-corrected chi connectivity index (χ3v) is 5.82. The Morgan fingerprint density at radius 3 is 2.21 bits per heavy atom. The van der Waals surface area contributed by atoms with Gasteiger partial charge in [0.2, 0.25) is 0 Å². The third kappa shape index (κ3) is 6.12. The van der Waals surface area contributed by atoms with Crippen LogP contribution in [0.15, 0.2) is 58.1 Å². The molecule has 1 atom stereocenters. The van der Waals surface area contributed by atoms with Crippen molar-refractivity contribution in [3.05, 3.63) is 74.8 Å². The zero-order valence-corrected chi connectivity index (χ0v) is 22.4. The lowest BCUT2D eigenvalue weighted by Crippen LogP contribution is -2.94. The summed E-state index contributed by atoms with van der Waals surface area (Å²) in [6, 6.07) is 12.2. The number of carbonyl (C=O) groups excluding carboxylic acids is 2. The predicted octanol–water partition coefficient (Wildman–Crippen LogP) is 1.61. The van der Waals surface area contributed by atoms with Crippen LogP contribution in [0.5, 0.6) is 5.75 Å². The summed E-state index contributed by atoms with van der Waals surface area (Å²) in [6.07, 6.45) is 0. The van der Waals surface area contributed by atoms with E-state index in [4.69, 9.17) is 0 Å². The van der Waals surface area contributed by atoms with Crippen molar-refractivity contribution in [2.45, 2.75) is 39.8 Å². The van der Waals surface area contributed by atoms with Crippen molar-refractivity contribution in [3.63, 3.8) is 0 Å². The van der Waals surface area contributed by atoms with Crippen LogP contribution in [0.1, 0.15) is 38.1 Å². The number of H-pyrrole nitrogens is 1. The lowest BCUT2D eigenvalue weighted by molar-refractivity contribution is -0.599. The number of rotatable bonds is 9. The number of hydrogen-bond acceptors (Lipinski definition) is 7. The lowest BCUT2D eigenvalue weighted by atomic mass is 10.0. The molecule has 11 heteroatoms. The van der Waals surface area contributed by atoms with Crippen LogP contribution in [0.4, 0.5) is 17.1 Å². The van der Waals surface area contributed by atoms with Crippen LogP contribution < -0.4 is 27.1 Å². The van der Waals surface area contributed by atoms with E-state index in [9.17, 15) is 24.3 Å². The molecule has 0 spiro atoms. The smallest absolute Gasteiger partial charge is 0.333 e. The van der Waals surface area contributed by atoms with Gasteiger partial charge in [-0.1, -0.05) is 38.1 Å². The van der Waals surface area contributed by atoms with Gasteiger partial charge >= 0.3 is 5.91 Å². The molecule has 0 aliphatic carbocycles. The minimum Gasteiger partial charge on any atom is -0.505 e. The number of aromatic nitrogens is 2. The molecule has 1 heterocycles. The molecule has 0 aliphatic rings. The molecule has 2 aromatic carbocycles. The number of phenolic OH excluding ortho intramolecular Hbond substituents is 1. The van der Waals surface area contributed by atoms with E-state index in [1.807, 2.05) is 27.7 Å². The summed E-state index contributed by atoms with van der Waals surface area (Å²) in [5.74, 6) is -1.25. The molecule has 6 N–H and O–H groups in total. The van der Waals surface area contributed by atoms with Crippen molar-refractivity contribution in [2.24, 2.45) is 5.92 Å². The van der Waals surface area contributed by atoms with Crippen LogP contribution in [0.2, 0.25) is 0 Å². The number of nitrogens with two attached hydrogens (primary N) is 1. The second kappa shape index (κ2) is 11.8. The van der Waals surface area contributed by atoms with Crippen LogP contribution >= 0.6 is 0 Å². The van der Waals surface area contributed by atoms with Crippen LogP contribution in [-0.4, -0.2) is 57.8 Å². The maximum Gasteiger partial charge on any atom is 0.333 e. The van der Waals surface area contributed by atoms with Gasteiger partial charge in [0.25, 0.3) is 17.0 Å². The molecule has 0 radical (unpaired) electrons. The molecule has 202 valence electrons. The maximum atomic E-state index is 13.7. The second-order valence-corrected chi connectivity index (χ2v) is 9.87. The predicted molar refractivity (Wildman–Crippen MR) is 146 cm³/mol. The second-order valence-electron chi connectivity index (χ2n) is 9.87. The van der Waals surface area contributed by atoms with E-state index in [1.54, 1.807) is 55.8 Å². The van der Waals surface area contributed by atoms with Crippen LogP contribution in [0.25, 0.3) is 5.69 Å². The van der Waals surface area contributed by atoms with Gasteiger partial charge < -0.3 is 20.6 Å². The van der Waals surface area contributed by atoms with Crippen molar-refractivity contribution >= 4 is 28.9 Å². The highest BCUT2D eigenvalue weighted by molar-refractivity contribution is 5.99. The average Bonchev–Trinajstić information content (AvgIpc) is 2.86. The summed E-state index contributed by atoms with van der Waals surface area (Å²) in [4.78, 5) is 53.9. The van der Waals surface area contributed by atoms with Gasteiger partial charge in [-0.15, -0.1) is 0 Å². The highest BCUT2D eigenvalue weighted by Gasteiger charge is 2.30. The summed E-state index contributed by atoms with van der Waals surface area (Å²) < 4.78 is 1.08. The Balaban J connectivity index is 2.21. The van der Waals surface area contributed by atoms with E-state index in [2.05, 4.69) is 15.7 Å². The fourth-order valence-electron chi connectivity index (χ4n) is 3.90. The van der Waals surface area contributed by atoms with E-state index in [0.29, 0.717) is 5.69 Å². The minimum absolute atomic E-state index is 0.0126. The zero-order chi connectivity index (χ0) is 28.1. The fraction of sp³-hybridized carbons (Fsp3) is 0.333. The molecule has 2 amide bonds. The topological polar surface area (TPSA) is 153 Å². The summed E-state index contributed by atoms with van der Waals surface area (Å²) in [7, 11) is 3.10. The van der Waals surface area contributed by atoms with Crippen LogP contribution in [0, 0.1) is 5.92 Å². The number of primary amides is 1. The monoisotopic (exact) mass is 523 g/mol. The van der Waals surface area contributed by atoms with E-state index in [0.717, 1.165) is 4.68 Å². The molecule has 0 aliphatic heterocycles. The number of hydrogen-bond donors (Lipinski definition) is 5. The Morgan fingerprint density at radius 1 is 0.974 bits per heavy atom. The minimum atomic E-state index is -0.790. The number of phenols is 1. The summed E-state index contributed by atoms with van der Waals surface area (Å²) in [5, 5.41) is 20.9. The Labute approximate surface area is 220 Å². The molecule has 3 rings (SSSR count). The fourth-order valence-corrected chi connectivity index (χ4v) is 3.90. The number of carbonyl (C=O) groups is 2. The zero-order valence-electron chi connectivity index (χ0n) is 22.4. The van der Waals surface area contributed by atoms with Gasteiger partial charge in [-0.05, 0) is 44.0 Å². The summed E-state index contributed by atoms with van der Waals surface area (Å²) in [5.41, 5.74) is -1.16. The molecule has 38 heavy (non-hydrogen) atoms. The van der Waals surface area contributed by atoms with Gasteiger partial charge in [0, 0.05) is 14.1 Å². The molecule has 11 nitrogen and oxygen atoms in total. The van der Waals surface area contributed by atoms with Crippen molar-refractivity contribution < 1.29 is 20.0 Å². The number of benzene rings is 2. The number of amides is 2. The number of para-hydroxylation sites is 2. The third-order valence-electron chi connectivity index (χ3n) is 5.82. The normalized spacial score (nSPS) is 11.9. The van der Waals surface area contributed by atoms with Gasteiger partial charge in [0.05, 0.1) is 23.0 Å². The maximum absolute atomic E-state index is 13.7. The van der Waals surface area contributed by atoms with E-state index < -0.39 is 23.1 Å². The van der Waals surface area contributed by atoms with E-state index in [-0.39, 0.29) is 46.2 Å². The first-order chi connectivity index (χ1) is 17.9. The quantitative estimate of drug-likeness (QED) is 0.267. The van der Waals surface area contributed by atoms with Gasteiger partial charge in [-0.2, -0.15) is 0 Å². The van der Waals surface area contributed by atoms with Crippen molar-refractivity contribution in [3.8, 4) is 11.4 Å². The molecule has 0 saturated heterocycles. The van der Waals surface area contributed by atoms with Crippen molar-refractivity contribution in [1.82, 2.24) is 14.7 Å². The standard InChI is InChI=1S/C27H34N6O5/c1-15(2)20(24(35)28-16(3)4)30-21-22(27(38)33(31-25(21)36)17-11-8-7-9-12-17)29-19-14-10-13-18(23(19)34)26(37)32(5)6/h7-16,20,29-30,34H,1-6H3,(H,28,35)(H,31,36)/p+1/t20-/m1/s1. The number of quaternary nitrogens is 1. The number of aromatic amines is 1. The van der Waals surface area contributed by atoms with Crippen molar-refractivity contribution in [1.29, 1.82) is 0 Å². The molecular formula is C27H35N6O5+. The van der Waals surface area contributed by atoms with Gasteiger partial charge in [-0.25, -0.2) is 9.48 Å². The molecular weight excluding hydrogens is 488 g/mol. The Bertz CT molecular complexity index is 1430. The number of nitrogens with zero attached hydrogens (tertiary/aromatic N) is 2. The SMILES string of the molecule is CC(C)[NH2+]C(=O)[C@H](Nc1c(Nc2cccc(C(=O)N(C)C)c2O)c(=O)n(-c2ccccc2)[nH]c1=O)C(C)C. The number of anilines is 3. The Hall–Kier alpha value is -4.38. The Kier molecular flexibility index (Phi) is 8.74. The first-order valence-electron chi connectivity index (χ1n) is 12.3. The first kappa shape index (κ1) is 28.2.